The molecule has 0 aliphatic heterocycles. The van der Waals surface area contributed by atoms with Crippen LogP contribution < -0.4 is 15.2 Å². The summed E-state index contributed by atoms with van der Waals surface area (Å²) in [5.41, 5.74) is 5.25. The third-order valence-electron chi connectivity index (χ3n) is 4.18. The summed E-state index contributed by atoms with van der Waals surface area (Å²) >= 11 is 0. The Hall–Kier alpha value is -2.38. The van der Waals surface area contributed by atoms with Gasteiger partial charge in [-0.25, -0.2) is 8.42 Å². The minimum atomic E-state index is -3.83. The van der Waals surface area contributed by atoms with Gasteiger partial charge in [-0.3, -0.25) is 10.2 Å². The first-order valence-corrected chi connectivity index (χ1v) is 10.0. The van der Waals surface area contributed by atoms with Crippen molar-refractivity contribution < 1.29 is 13.2 Å². The molecule has 1 amide bonds. The van der Waals surface area contributed by atoms with Gasteiger partial charge in [0.2, 0.25) is 0 Å². The molecule has 0 unspecified atom stereocenters. The molecular formula is C19H25N3O3S. The van der Waals surface area contributed by atoms with Crippen LogP contribution in [0.2, 0.25) is 0 Å². The van der Waals surface area contributed by atoms with E-state index in [4.69, 9.17) is 0 Å². The zero-order valence-corrected chi connectivity index (χ0v) is 16.4. The number of nitrogens with one attached hydrogen (secondary N) is 2. The molecule has 2 aromatic rings. The molecule has 0 aromatic heterocycles. The average Bonchev–Trinajstić information content (AvgIpc) is 2.61. The van der Waals surface area contributed by atoms with Gasteiger partial charge in [0.05, 0.1) is 4.90 Å². The molecule has 7 heteroatoms. The van der Waals surface area contributed by atoms with E-state index >= 15 is 0 Å². The molecule has 0 fully saturated rings. The van der Waals surface area contributed by atoms with Gasteiger partial charge in [-0.1, -0.05) is 17.7 Å². The van der Waals surface area contributed by atoms with Gasteiger partial charge in [0.15, 0.2) is 0 Å². The largest absolute Gasteiger partial charge is 0.372 e. The van der Waals surface area contributed by atoms with Crippen molar-refractivity contribution in [3.8, 4) is 0 Å². The highest BCUT2D eigenvalue weighted by Gasteiger charge is 2.18. The van der Waals surface area contributed by atoms with Gasteiger partial charge in [0.1, 0.15) is 0 Å². The Kier molecular flexibility index (Phi) is 6.39. The van der Waals surface area contributed by atoms with Gasteiger partial charge >= 0.3 is 0 Å². The monoisotopic (exact) mass is 375 g/mol. The first-order chi connectivity index (χ1) is 12.3. The maximum absolute atomic E-state index is 12.4. The van der Waals surface area contributed by atoms with Crippen molar-refractivity contribution in [3.63, 3.8) is 0 Å². The molecule has 2 aromatic carbocycles. The predicted molar refractivity (Wildman–Crippen MR) is 104 cm³/mol. The minimum Gasteiger partial charge on any atom is -0.372 e. The molecule has 0 bridgehead atoms. The maximum Gasteiger partial charge on any atom is 0.266 e. The van der Waals surface area contributed by atoms with Crippen LogP contribution in [0.25, 0.3) is 0 Å². The van der Waals surface area contributed by atoms with Crippen molar-refractivity contribution in [2.45, 2.75) is 32.6 Å². The lowest BCUT2D eigenvalue weighted by atomic mass is 10.2. The first-order valence-electron chi connectivity index (χ1n) is 8.53. The third kappa shape index (κ3) is 4.62. The Morgan fingerprint density at radius 1 is 1.00 bits per heavy atom. The molecule has 0 aliphatic carbocycles. The zero-order chi connectivity index (χ0) is 19.3. The Bertz CT molecular complexity index is 873. The smallest absolute Gasteiger partial charge is 0.266 e. The van der Waals surface area contributed by atoms with Crippen molar-refractivity contribution in [3.05, 3.63) is 59.2 Å². The second-order valence-electron chi connectivity index (χ2n) is 6.05. The molecule has 26 heavy (non-hydrogen) atoms. The van der Waals surface area contributed by atoms with E-state index < -0.39 is 15.9 Å². The molecule has 0 aliphatic rings. The third-order valence-corrected chi connectivity index (χ3v) is 5.58. The highest BCUT2D eigenvalue weighted by molar-refractivity contribution is 7.89. The predicted octanol–water partition coefficient (Wildman–Crippen LogP) is 2.77. The van der Waals surface area contributed by atoms with Crippen molar-refractivity contribution in [2.24, 2.45) is 0 Å². The number of hydrogen-bond donors (Lipinski definition) is 2. The first kappa shape index (κ1) is 19.9. The van der Waals surface area contributed by atoms with Gasteiger partial charge < -0.3 is 4.90 Å². The van der Waals surface area contributed by atoms with Gasteiger partial charge in [-0.2, -0.15) is 0 Å². The minimum absolute atomic E-state index is 0.139. The summed E-state index contributed by atoms with van der Waals surface area (Å²) in [6, 6.07) is 12.1. The summed E-state index contributed by atoms with van der Waals surface area (Å²) in [4.78, 5) is 16.7. The molecule has 0 heterocycles. The number of nitrogens with zero attached hydrogens (tertiary/aromatic N) is 1. The van der Waals surface area contributed by atoms with Crippen LogP contribution in [0.15, 0.2) is 47.4 Å². The summed E-state index contributed by atoms with van der Waals surface area (Å²) in [7, 11) is -3.83. The van der Waals surface area contributed by atoms with E-state index in [0.717, 1.165) is 24.3 Å². The van der Waals surface area contributed by atoms with Gasteiger partial charge in [0, 0.05) is 24.3 Å². The van der Waals surface area contributed by atoms with Crippen molar-refractivity contribution >= 4 is 21.6 Å². The highest BCUT2D eigenvalue weighted by atomic mass is 32.2. The fourth-order valence-electron chi connectivity index (χ4n) is 2.75. The molecule has 0 spiro atoms. The number of anilines is 1. The number of rotatable bonds is 7. The van der Waals surface area contributed by atoms with Crippen LogP contribution in [0, 0.1) is 13.8 Å². The summed E-state index contributed by atoms with van der Waals surface area (Å²) in [5.74, 6) is -0.510. The Morgan fingerprint density at radius 3 is 2.15 bits per heavy atom. The topological polar surface area (TPSA) is 78.5 Å². The second kappa shape index (κ2) is 8.33. The number of benzene rings is 2. The fraction of sp³-hybridized carbons (Fsp3) is 0.316. The fourth-order valence-corrected chi connectivity index (χ4v) is 3.82. The number of carbonyl (C=O) groups is 1. The van der Waals surface area contributed by atoms with E-state index in [1.807, 2.05) is 19.1 Å². The standard InChI is InChI=1S/C19H25N3O3S/c1-5-22(6-2)17-10-8-16(9-11-17)19(23)20-21-26(24,25)18-12-7-14(3)13-15(18)4/h7-13,21H,5-6H2,1-4H3,(H,20,23). The van der Waals surface area contributed by atoms with Crippen molar-refractivity contribution in [1.29, 1.82) is 0 Å². The highest BCUT2D eigenvalue weighted by Crippen LogP contribution is 2.17. The summed E-state index contributed by atoms with van der Waals surface area (Å²) in [5, 5.41) is 0. The van der Waals surface area contributed by atoms with E-state index in [1.165, 1.54) is 6.07 Å². The average molecular weight is 375 g/mol. The zero-order valence-electron chi connectivity index (χ0n) is 15.5. The van der Waals surface area contributed by atoms with Gasteiger partial charge in [-0.15, -0.1) is 4.83 Å². The molecule has 2 rings (SSSR count). The van der Waals surface area contributed by atoms with Crippen LogP contribution in [-0.4, -0.2) is 27.4 Å². The maximum atomic E-state index is 12.4. The number of aryl methyl sites for hydroxylation is 2. The Labute approximate surface area is 155 Å². The molecular weight excluding hydrogens is 350 g/mol. The molecule has 2 N–H and O–H groups in total. The number of hydrogen-bond acceptors (Lipinski definition) is 4. The van der Waals surface area contributed by atoms with Gasteiger partial charge in [0.25, 0.3) is 15.9 Å². The van der Waals surface area contributed by atoms with Crippen LogP contribution >= 0.6 is 0 Å². The van der Waals surface area contributed by atoms with Crippen LogP contribution in [0.4, 0.5) is 5.69 Å². The van der Waals surface area contributed by atoms with E-state index in [1.54, 1.807) is 31.2 Å². The second-order valence-corrected chi connectivity index (χ2v) is 7.70. The van der Waals surface area contributed by atoms with E-state index in [-0.39, 0.29) is 4.90 Å². The van der Waals surface area contributed by atoms with Crippen molar-refractivity contribution in [1.82, 2.24) is 10.3 Å². The van der Waals surface area contributed by atoms with E-state index in [2.05, 4.69) is 29.0 Å². The number of amides is 1. The summed E-state index contributed by atoms with van der Waals surface area (Å²) in [6.45, 7) is 9.48. The Morgan fingerprint density at radius 2 is 1.62 bits per heavy atom. The van der Waals surface area contributed by atoms with Crippen LogP contribution in [0.3, 0.4) is 0 Å². The van der Waals surface area contributed by atoms with E-state index in [0.29, 0.717) is 11.1 Å². The number of sulfonamides is 1. The summed E-state index contributed by atoms with van der Waals surface area (Å²) < 4.78 is 24.8. The Balaban J connectivity index is 2.08. The molecule has 0 radical (unpaired) electrons. The number of hydrazine groups is 1. The summed E-state index contributed by atoms with van der Waals surface area (Å²) in [6.07, 6.45) is 0. The van der Waals surface area contributed by atoms with Crippen LogP contribution in [0.1, 0.15) is 35.3 Å². The lowest BCUT2D eigenvalue weighted by molar-refractivity contribution is 0.0945. The van der Waals surface area contributed by atoms with Crippen LogP contribution in [-0.2, 0) is 10.0 Å². The lowest BCUT2D eigenvalue weighted by Gasteiger charge is -2.21. The van der Waals surface area contributed by atoms with Gasteiger partial charge in [-0.05, 0) is 63.6 Å². The molecule has 6 nitrogen and oxygen atoms in total. The molecule has 140 valence electrons. The number of carbonyl (C=O) groups excluding carboxylic acids is 1. The molecule has 0 saturated carbocycles. The van der Waals surface area contributed by atoms with E-state index in [9.17, 15) is 13.2 Å². The SMILES string of the molecule is CCN(CC)c1ccc(C(=O)NNS(=O)(=O)c2ccc(C)cc2C)cc1. The normalized spacial score (nSPS) is 11.2. The molecule has 0 atom stereocenters. The van der Waals surface area contributed by atoms with Crippen LogP contribution in [0.5, 0.6) is 0 Å². The van der Waals surface area contributed by atoms with Crippen molar-refractivity contribution in [2.75, 3.05) is 18.0 Å². The molecule has 0 saturated heterocycles. The quantitative estimate of drug-likeness (QED) is 0.730. The lowest BCUT2D eigenvalue weighted by Crippen LogP contribution is -2.41.